The maximum atomic E-state index is 6.33. The molecule has 0 amide bonds. The number of likely N-dealkylation sites (tertiary alicyclic amines) is 1. The fourth-order valence-electron chi connectivity index (χ4n) is 5.68. The molecule has 4 heterocycles. The van der Waals surface area contributed by atoms with Gasteiger partial charge < -0.3 is 9.80 Å². The number of nitrogens with zero attached hydrogens (tertiary/aromatic N) is 6. The van der Waals surface area contributed by atoms with E-state index >= 15 is 0 Å². The molecule has 2 saturated heterocycles. The van der Waals surface area contributed by atoms with Crippen molar-refractivity contribution in [1.29, 1.82) is 0 Å². The van der Waals surface area contributed by atoms with E-state index in [4.69, 9.17) is 11.6 Å². The third-order valence-corrected chi connectivity index (χ3v) is 7.47. The van der Waals surface area contributed by atoms with Crippen molar-refractivity contribution in [1.82, 2.24) is 24.8 Å². The van der Waals surface area contributed by atoms with E-state index in [0.717, 1.165) is 55.1 Å². The molecule has 1 saturated carbocycles. The van der Waals surface area contributed by atoms with Gasteiger partial charge in [0.25, 0.3) is 0 Å². The lowest BCUT2D eigenvalue weighted by molar-refractivity contribution is 0.00367. The molecule has 2 aromatic heterocycles. The molecule has 0 radical (unpaired) electrons. The first-order valence-corrected chi connectivity index (χ1v) is 11.6. The Morgan fingerprint density at radius 1 is 1.17 bits per heavy atom. The van der Waals surface area contributed by atoms with Gasteiger partial charge in [-0.3, -0.25) is 9.88 Å². The molecule has 3 aliphatic rings. The van der Waals surface area contributed by atoms with Gasteiger partial charge in [0.2, 0.25) is 0 Å². The van der Waals surface area contributed by atoms with E-state index in [9.17, 15) is 0 Å². The van der Waals surface area contributed by atoms with Crippen LogP contribution in [0, 0.1) is 12.3 Å². The van der Waals surface area contributed by atoms with E-state index in [1.807, 2.05) is 19.1 Å². The lowest BCUT2D eigenvalue weighted by atomic mass is 9.78. The van der Waals surface area contributed by atoms with E-state index in [2.05, 4.69) is 36.6 Å². The molecule has 1 atom stereocenters. The minimum absolute atomic E-state index is 0.618. The van der Waals surface area contributed by atoms with Crippen molar-refractivity contribution in [3.63, 3.8) is 0 Å². The van der Waals surface area contributed by atoms with Gasteiger partial charge in [0, 0.05) is 57.7 Å². The third-order valence-electron chi connectivity index (χ3n) is 7.27. The number of halogens is 1. The van der Waals surface area contributed by atoms with Crippen molar-refractivity contribution >= 4 is 17.3 Å². The second-order valence-corrected chi connectivity index (χ2v) is 9.67. The summed E-state index contributed by atoms with van der Waals surface area (Å²) in [6.07, 6.45) is 7.66. The van der Waals surface area contributed by atoms with Crippen LogP contribution < -0.4 is 4.90 Å². The number of hydrogen-bond donors (Lipinski definition) is 0. The zero-order valence-electron chi connectivity index (χ0n) is 18.0. The zero-order valence-corrected chi connectivity index (χ0v) is 18.8. The van der Waals surface area contributed by atoms with Crippen LogP contribution in [-0.4, -0.2) is 76.6 Å². The Bertz CT molecular complexity index is 904. The second-order valence-electron chi connectivity index (χ2n) is 9.23. The molecule has 160 valence electrons. The van der Waals surface area contributed by atoms with Crippen LogP contribution in [-0.2, 0) is 0 Å². The highest BCUT2D eigenvalue weighted by Gasteiger charge is 2.48. The van der Waals surface area contributed by atoms with Crippen LogP contribution in [0.25, 0.3) is 11.4 Å². The lowest BCUT2D eigenvalue weighted by Gasteiger charge is -2.49. The molecule has 5 rings (SSSR count). The molecule has 1 unspecified atom stereocenters. The average Bonchev–Trinajstić information content (AvgIpc) is 3.18. The molecule has 2 aromatic rings. The summed E-state index contributed by atoms with van der Waals surface area (Å²) in [5.41, 5.74) is 3.46. The maximum absolute atomic E-state index is 6.33. The van der Waals surface area contributed by atoms with Gasteiger partial charge >= 0.3 is 0 Å². The maximum Gasteiger partial charge on any atom is 0.125 e. The number of aryl methyl sites for hydroxylation is 1. The summed E-state index contributed by atoms with van der Waals surface area (Å²) in [6, 6.07) is 4.72. The molecule has 2 aliphatic heterocycles. The minimum atomic E-state index is 0.618. The molecule has 0 N–H and O–H groups in total. The molecule has 0 aromatic carbocycles. The van der Waals surface area contributed by atoms with Crippen molar-refractivity contribution in [2.45, 2.75) is 39.2 Å². The standard InChI is InChI=1S/C23H31ClN6/c1-3-28-15-23(16-28)6-4-19(13-23)29-8-10-30(11-9-29)21-12-18(24)14-26-22(21)20-5-7-25-17(2)27-20/h5,7,12,14,19H,3-4,6,8-11,13,15-16H2,1-2H3. The molecular weight excluding hydrogens is 396 g/mol. The Morgan fingerprint density at radius 2 is 1.97 bits per heavy atom. The van der Waals surface area contributed by atoms with Crippen LogP contribution in [0.2, 0.25) is 5.02 Å². The minimum Gasteiger partial charge on any atom is -0.367 e. The summed E-state index contributed by atoms with van der Waals surface area (Å²) in [7, 11) is 0. The molecule has 7 heteroatoms. The highest BCUT2D eigenvalue weighted by molar-refractivity contribution is 6.30. The number of anilines is 1. The van der Waals surface area contributed by atoms with Crippen molar-refractivity contribution in [2.75, 3.05) is 50.7 Å². The normalized spacial score (nSPS) is 24.4. The summed E-state index contributed by atoms with van der Waals surface area (Å²) >= 11 is 6.33. The molecule has 6 nitrogen and oxygen atoms in total. The van der Waals surface area contributed by atoms with Crippen LogP contribution >= 0.6 is 11.6 Å². The number of piperazine rings is 1. The molecule has 1 aliphatic carbocycles. The van der Waals surface area contributed by atoms with Gasteiger partial charge in [-0.2, -0.15) is 0 Å². The largest absolute Gasteiger partial charge is 0.367 e. The summed E-state index contributed by atoms with van der Waals surface area (Å²) in [4.78, 5) is 21.2. The Morgan fingerprint density at radius 3 is 2.70 bits per heavy atom. The molecule has 3 fully saturated rings. The van der Waals surface area contributed by atoms with Gasteiger partial charge in [-0.1, -0.05) is 18.5 Å². The van der Waals surface area contributed by atoms with Crippen LogP contribution in [0.5, 0.6) is 0 Å². The lowest BCUT2D eigenvalue weighted by Crippen LogP contribution is -2.56. The number of aromatic nitrogens is 3. The molecule has 30 heavy (non-hydrogen) atoms. The van der Waals surface area contributed by atoms with E-state index < -0.39 is 0 Å². The number of hydrogen-bond acceptors (Lipinski definition) is 6. The smallest absolute Gasteiger partial charge is 0.125 e. The van der Waals surface area contributed by atoms with Gasteiger partial charge in [0.05, 0.1) is 16.4 Å². The SMILES string of the molecule is CCN1CC2(CCC(N3CCN(c4cc(Cl)cnc4-c4ccnc(C)n4)CC3)C2)C1. The first-order valence-electron chi connectivity index (χ1n) is 11.2. The average molecular weight is 427 g/mol. The summed E-state index contributed by atoms with van der Waals surface area (Å²) in [5.74, 6) is 0.757. The van der Waals surface area contributed by atoms with E-state index in [1.54, 1.807) is 12.4 Å². The molecule has 0 bridgehead atoms. The quantitative estimate of drug-likeness (QED) is 0.745. The van der Waals surface area contributed by atoms with Gasteiger partial charge in [-0.25, -0.2) is 9.97 Å². The first-order chi connectivity index (χ1) is 14.5. The summed E-state index contributed by atoms with van der Waals surface area (Å²) in [6.45, 7) is 12.2. The third kappa shape index (κ3) is 3.81. The Labute approximate surface area is 184 Å². The van der Waals surface area contributed by atoms with Crippen molar-refractivity contribution in [2.24, 2.45) is 5.41 Å². The number of pyridine rings is 1. The predicted octanol–water partition coefficient (Wildman–Crippen LogP) is 3.50. The monoisotopic (exact) mass is 426 g/mol. The predicted molar refractivity (Wildman–Crippen MR) is 121 cm³/mol. The second kappa shape index (κ2) is 8.06. The Kier molecular flexibility index (Phi) is 5.42. The van der Waals surface area contributed by atoms with E-state index in [-0.39, 0.29) is 0 Å². The fraction of sp³-hybridized carbons (Fsp3) is 0.609. The number of rotatable bonds is 4. The van der Waals surface area contributed by atoms with Crippen molar-refractivity contribution < 1.29 is 0 Å². The van der Waals surface area contributed by atoms with E-state index in [0.29, 0.717) is 10.4 Å². The van der Waals surface area contributed by atoms with Gasteiger partial charge in [-0.05, 0) is 50.3 Å². The first kappa shape index (κ1) is 20.2. The van der Waals surface area contributed by atoms with Crippen molar-refractivity contribution in [3.05, 3.63) is 35.4 Å². The highest BCUT2D eigenvalue weighted by Crippen LogP contribution is 2.47. The van der Waals surface area contributed by atoms with Crippen LogP contribution in [0.3, 0.4) is 0 Å². The molecule has 1 spiro atoms. The van der Waals surface area contributed by atoms with Crippen LogP contribution in [0.15, 0.2) is 24.5 Å². The van der Waals surface area contributed by atoms with Gasteiger partial charge in [-0.15, -0.1) is 0 Å². The molecular formula is C23H31ClN6. The Balaban J connectivity index is 1.27. The van der Waals surface area contributed by atoms with Crippen LogP contribution in [0.1, 0.15) is 32.0 Å². The van der Waals surface area contributed by atoms with Gasteiger partial charge in [0.1, 0.15) is 11.5 Å². The van der Waals surface area contributed by atoms with Gasteiger partial charge in [0.15, 0.2) is 0 Å². The van der Waals surface area contributed by atoms with E-state index in [1.165, 1.54) is 38.9 Å². The van der Waals surface area contributed by atoms with Crippen molar-refractivity contribution in [3.8, 4) is 11.4 Å². The summed E-state index contributed by atoms with van der Waals surface area (Å²) in [5, 5.41) is 0.671. The highest BCUT2D eigenvalue weighted by atomic mass is 35.5. The Hall–Kier alpha value is -1.76. The van der Waals surface area contributed by atoms with Crippen LogP contribution in [0.4, 0.5) is 5.69 Å². The fourth-order valence-corrected chi connectivity index (χ4v) is 5.84. The zero-order chi connectivity index (χ0) is 20.7. The summed E-state index contributed by atoms with van der Waals surface area (Å²) < 4.78 is 0. The topological polar surface area (TPSA) is 48.4 Å².